The van der Waals surface area contributed by atoms with Crippen LogP contribution in [-0.2, 0) is 4.79 Å². The lowest BCUT2D eigenvalue weighted by molar-refractivity contribution is -0.119. The molecule has 4 unspecified atom stereocenters. The third-order valence-corrected chi connectivity index (χ3v) is 8.72. The average molecular weight is 482 g/mol. The van der Waals surface area contributed by atoms with Crippen LogP contribution in [0.1, 0.15) is 49.0 Å². The number of aromatic nitrogens is 3. The molecule has 172 valence electrons. The highest BCUT2D eigenvalue weighted by atomic mass is 32.2. The molecule has 0 radical (unpaired) electrons. The second kappa shape index (κ2) is 9.69. The molecule has 0 spiro atoms. The van der Waals surface area contributed by atoms with E-state index in [1.165, 1.54) is 37.4 Å². The van der Waals surface area contributed by atoms with Gasteiger partial charge in [0.15, 0.2) is 11.0 Å². The number of nitrogens with one attached hydrogen (secondary N) is 2. The van der Waals surface area contributed by atoms with Crippen LogP contribution < -0.4 is 10.9 Å². The number of thioether (sulfide) groups is 1. The number of hydrogen-bond donors (Lipinski definition) is 2. The van der Waals surface area contributed by atoms with Gasteiger partial charge in [-0.1, -0.05) is 42.4 Å². The predicted octanol–water partition coefficient (Wildman–Crippen LogP) is 4.56. The Morgan fingerprint density at radius 3 is 2.67 bits per heavy atom. The van der Waals surface area contributed by atoms with Crippen LogP contribution in [0, 0.1) is 17.8 Å². The zero-order chi connectivity index (χ0) is 22.8. The number of benzene rings is 1. The smallest absolute Gasteiger partial charge is 0.269 e. The molecule has 2 amide bonds. The Balaban J connectivity index is 1.27. The molecule has 2 aromatic heterocycles. The summed E-state index contributed by atoms with van der Waals surface area (Å²) in [5.41, 5.74) is 5.46. The normalized spacial score (nSPS) is 22.3. The van der Waals surface area contributed by atoms with E-state index in [1.54, 1.807) is 35.6 Å². The van der Waals surface area contributed by atoms with Gasteiger partial charge < -0.3 is 0 Å². The Kier molecular flexibility index (Phi) is 6.50. The number of rotatable bonds is 7. The van der Waals surface area contributed by atoms with E-state index in [0.717, 1.165) is 27.7 Å². The lowest BCUT2D eigenvalue weighted by Gasteiger charge is -2.30. The topological polar surface area (TPSA) is 88.9 Å². The highest BCUT2D eigenvalue weighted by Crippen LogP contribution is 2.53. The molecule has 5 rings (SSSR count). The van der Waals surface area contributed by atoms with E-state index in [2.05, 4.69) is 38.6 Å². The Labute approximate surface area is 201 Å². The van der Waals surface area contributed by atoms with Crippen molar-refractivity contribution in [1.29, 1.82) is 0 Å². The predicted molar refractivity (Wildman–Crippen MR) is 130 cm³/mol. The Bertz CT molecular complexity index is 1120. The first-order chi connectivity index (χ1) is 16.1. The highest BCUT2D eigenvalue weighted by Gasteiger charge is 2.43. The summed E-state index contributed by atoms with van der Waals surface area (Å²) in [7, 11) is 0. The Morgan fingerprint density at radius 2 is 1.97 bits per heavy atom. The van der Waals surface area contributed by atoms with Crippen LogP contribution in [0.3, 0.4) is 0 Å². The first-order valence-corrected chi connectivity index (χ1v) is 13.2. The molecule has 1 aromatic carbocycles. The first kappa shape index (κ1) is 22.2. The number of hydrazine groups is 1. The molecule has 7 nitrogen and oxygen atoms in total. The number of thiophene rings is 1. The lowest BCUT2D eigenvalue weighted by Crippen LogP contribution is -2.42. The van der Waals surface area contributed by atoms with Gasteiger partial charge in [0.2, 0.25) is 5.91 Å². The van der Waals surface area contributed by atoms with Crippen molar-refractivity contribution >= 4 is 34.9 Å². The second-order valence-electron chi connectivity index (χ2n) is 8.89. The molecule has 2 aliphatic carbocycles. The van der Waals surface area contributed by atoms with Gasteiger partial charge in [-0.25, -0.2) is 0 Å². The number of carbonyl (C=O) groups is 2. The van der Waals surface area contributed by atoms with Gasteiger partial charge in [-0.2, -0.15) is 0 Å². The van der Waals surface area contributed by atoms with Gasteiger partial charge in [0.1, 0.15) is 0 Å². The molecule has 0 saturated heterocycles. The van der Waals surface area contributed by atoms with Gasteiger partial charge >= 0.3 is 0 Å². The molecule has 0 aliphatic heterocycles. The molecular formula is C24H27N5O2S2. The van der Waals surface area contributed by atoms with Crippen molar-refractivity contribution in [2.24, 2.45) is 17.8 Å². The van der Waals surface area contributed by atoms with Crippen molar-refractivity contribution in [3.05, 3.63) is 53.4 Å². The number of amides is 2. The van der Waals surface area contributed by atoms with Gasteiger partial charge in [-0.05, 0) is 67.5 Å². The molecule has 2 aliphatic rings. The number of nitrogens with zero attached hydrogens (tertiary/aromatic N) is 3. The molecule has 2 bridgehead atoms. The summed E-state index contributed by atoms with van der Waals surface area (Å²) in [6.45, 7) is 2.27. The summed E-state index contributed by atoms with van der Waals surface area (Å²) in [6, 6.07) is 13.2. The minimum absolute atomic E-state index is 0.140. The summed E-state index contributed by atoms with van der Waals surface area (Å²) in [6.07, 6.45) is 5.30. The standard InChI is InChI=1S/C24H27N5O2S2/c1-15(19-13-16-9-10-18(19)12-16)29-22(20-8-5-11-32-20)26-28-24(29)33-14-21(30)25-27-23(31)17-6-3-2-4-7-17/h2-8,11,15-16,18-19H,9-10,12-14H2,1H3,(H,25,30)(H,27,31). The molecular weight excluding hydrogens is 454 g/mol. The van der Waals surface area contributed by atoms with Crippen molar-refractivity contribution in [2.75, 3.05) is 5.75 Å². The fourth-order valence-electron chi connectivity index (χ4n) is 5.35. The number of hydrogen-bond acceptors (Lipinski definition) is 6. The monoisotopic (exact) mass is 481 g/mol. The van der Waals surface area contributed by atoms with Gasteiger partial charge in [0, 0.05) is 11.6 Å². The van der Waals surface area contributed by atoms with E-state index < -0.39 is 0 Å². The zero-order valence-electron chi connectivity index (χ0n) is 18.4. The molecule has 2 N–H and O–H groups in total. The van der Waals surface area contributed by atoms with E-state index in [9.17, 15) is 9.59 Å². The van der Waals surface area contributed by atoms with Gasteiger partial charge in [-0.15, -0.1) is 21.5 Å². The quantitative estimate of drug-likeness (QED) is 0.382. The molecule has 2 saturated carbocycles. The van der Waals surface area contributed by atoms with Crippen LogP contribution in [0.25, 0.3) is 10.7 Å². The van der Waals surface area contributed by atoms with E-state index in [-0.39, 0.29) is 23.6 Å². The van der Waals surface area contributed by atoms with Crippen LogP contribution in [0.4, 0.5) is 0 Å². The summed E-state index contributed by atoms with van der Waals surface area (Å²) < 4.78 is 2.23. The van der Waals surface area contributed by atoms with Crippen LogP contribution in [0.15, 0.2) is 53.0 Å². The summed E-state index contributed by atoms with van der Waals surface area (Å²) in [5.74, 6) is 2.64. The molecule has 33 heavy (non-hydrogen) atoms. The zero-order valence-corrected chi connectivity index (χ0v) is 20.1. The van der Waals surface area contributed by atoms with Gasteiger partial charge in [-0.3, -0.25) is 25.0 Å². The fourth-order valence-corrected chi connectivity index (χ4v) is 6.88. The van der Waals surface area contributed by atoms with E-state index in [4.69, 9.17) is 0 Å². The van der Waals surface area contributed by atoms with E-state index in [1.807, 2.05) is 17.5 Å². The molecule has 4 atom stereocenters. The van der Waals surface area contributed by atoms with Crippen LogP contribution in [-0.4, -0.2) is 32.3 Å². The first-order valence-electron chi connectivity index (χ1n) is 11.4. The number of carbonyl (C=O) groups excluding carboxylic acids is 2. The van der Waals surface area contributed by atoms with Crippen LogP contribution >= 0.6 is 23.1 Å². The van der Waals surface area contributed by atoms with Crippen molar-refractivity contribution < 1.29 is 9.59 Å². The van der Waals surface area contributed by atoms with E-state index >= 15 is 0 Å². The second-order valence-corrected chi connectivity index (χ2v) is 10.8. The third-order valence-electron chi connectivity index (χ3n) is 6.91. The van der Waals surface area contributed by atoms with Crippen molar-refractivity contribution in [1.82, 2.24) is 25.6 Å². The SMILES string of the molecule is CC(C1CC2CCC1C2)n1c(SCC(=O)NNC(=O)c2ccccc2)nnc1-c1cccs1. The Morgan fingerprint density at radius 1 is 1.12 bits per heavy atom. The maximum atomic E-state index is 12.4. The fraction of sp³-hybridized carbons (Fsp3) is 0.417. The van der Waals surface area contributed by atoms with Gasteiger partial charge in [0.05, 0.1) is 10.6 Å². The molecule has 2 heterocycles. The van der Waals surface area contributed by atoms with Crippen LogP contribution in [0.2, 0.25) is 0 Å². The summed E-state index contributed by atoms with van der Waals surface area (Å²) in [5, 5.41) is 11.8. The Hall–Kier alpha value is -2.65. The van der Waals surface area contributed by atoms with Crippen LogP contribution in [0.5, 0.6) is 0 Å². The van der Waals surface area contributed by atoms with Gasteiger partial charge in [0.25, 0.3) is 5.91 Å². The largest absolute Gasteiger partial charge is 0.298 e. The minimum Gasteiger partial charge on any atom is -0.298 e. The summed E-state index contributed by atoms with van der Waals surface area (Å²) in [4.78, 5) is 25.7. The lowest BCUT2D eigenvalue weighted by atomic mass is 9.84. The summed E-state index contributed by atoms with van der Waals surface area (Å²) >= 11 is 3.01. The maximum absolute atomic E-state index is 12.4. The van der Waals surface area contributed by atoms with E-state index in [0.29, 0.717) is 11.5 Å². The van der Waals surface area contributed by atoms with Crippen molar-refractivity contribution in [3.8, 4) is 10.7 Å². The highest BCUT2D eigenvalue weighted by molar-refractivity contribution is 7.99. The molecule has 9 heteroatoms. The molecule has 3 aromatic rings. The molecule has 2 fully saturated rings. The third kappa shape index (κ3) is 4.70. The van der Waals surface area contributed by atoms with Crippen molar-refractivity contribution in [2.45, 2.75) is 43.8 Å². The minimum atomic E-state index is -0.345. The average Bonchev–Trinajstić information content (AvgIpc) is 3.65. The van der Waals surface area contributed by atoms with Crippen molar-refractivity contribution in [3.63, 3.8) is 0 Å². The number of fused-ring (bicyclic) bond motifs is 2. The maximum Gasteiger partial charge on any atom is 0.269 e.